The van der Waals surface area contributed by atoms with Crippen molar-refractivity contribution >= 4 is 35.9 Å². The zero-order chi connectivity index (χ0) is 33.9. The first-order valence-electron chi connectivity index (χ1n) is 15.6. The normalized spacial score (nSPS) is 13.0. The van der Waals surface area contributed by atoms with Gasteiger partial charge in [0.05, 0.1) is 0 Å². The van der Waals surface area contributed by atoms with E-state index >= 15 is 0 Å². The van der Waals surface area contributed by atoms with Crippen molar-refractivity contribution in [2.45, 2.75) is 71.7 Å². The molecule has 46 heavy (non-hydrogen) atoms. The van der Waals surface area contributed by atoms with Crippen LogP contribution >= 0.6 is 0 Å². The van der Waals surface area contributed by atoms with Gasteiger partial charge in [0, 0.05) is 25.2 Å². The molecule has 0 saturated heterocycles. The predicted octanol–water partition coefficient (Wildman–Crippen LogP) is 2.84. The Labute approximate surface area is 271 Å². The van der Waals surface area contributed by atoms with E-state index < -0.39 is 30.1 Å². The van der Waals surface area contributed by atoms with Gasteiger partial charge in [-0.05, 0) is 48.3 Å². The average Bonchev–Trinajstić information content (AvgIpc) is 3.02. The van der Waals surface area contributed by atoms with E-state index in [1.165, 1.54) is 6.08 Å². The van der Waals surface area contributed by atoms with Gasteiger partial charge in [0.15, 0.2) is 5.96 Å². The molecular formula is C34H49N7O5. The highest BCUT2D eigenvalue weighted by molar-refractivity contribution is 5.92. The Kier molecular flexibility index (Phi) is 16.4. The molecule has 0 aliphatic carbocycles. The minimum atomic E-state index is -1.00. The van der Waals surface area contributed by atoms with E-state index in [-0.39, 0.29) is 55.7 Å². The van der Waals surface area contributed by atoms with Gasteiger partial charge >= 0.3 is 6.09 Å². The van der Waals surface area contributed by atoms with Crippen LogP contribution in [0.2, 0.25) is 0 Å². The van der Waals surface area contributed by atoms with Crippen molar-refractivity contribution in [1.29, 1.82) is 0 Å². The number of rotatable bonds is 18. The second-order valence-electron chi connectivity index (χ2n) is 11.7. The number of hydrogen-bond donors (Lipinski definition) is 6. The summed E-state index contributed by atoms with van der Waals surface area (Å²) in [5.74, 6) is -1.23. The lowest BCUT2D eigenvalue weighted by Crippen LogP contribution is -2.57. The molecule has 12 heteroatoms. The third-order valence-electron chi connectivity index (χ3n) is 6.96. The number of amides is 4. The maximum absolute atomic E-state index is 13.5. The highest BCUT2D eigenvalue weighted by atomic mass is 16.5. The minimum absolute atomic E-state index is 0.0120. The van der Waals surface area contributed by atoms with Crippen molar-refractivity contribution in [2.24, 2.45) is 28.3 Å². The molecule has 2 rings (SSSR count). The lowest BCUT2D eigenvalue weighted by molar-refractivity contribution is -0.131. The Morgan fingerprint density at radius 1 is 0.848 bits per heavy atom. The number of nitrogens with one attached hydrogen (secondary N) is 4. The van der Waals surface area contributed by atoms with Crippen LogP contribution in [-0.2, 0) is 25.7 Å². The molecule has 0 aliphatic rings. The Morgan fingerprint density at radius 2 is 1.48 bits per heavy atom. The van der Waals surface area contributed by atoms with Gasteiger partial charge in [-0.2, -0.15) is 0 Å². The summed E-state index contributed by atoms with van der Waals surface area (Å²) in [5.41, 5.74) is 12.5. The third kappa shape index (κ3) is 15.2. The molecule has 0 aliphatic heterocycles. The molecule has 0 unspecified atom stereocenters. The molecular weight excluding hydrogens is 586 g/mol. The van der Waals surface area contributed by atoms with Gasteiger partial charge in [-0.1, -0.05) is 88.4 Å². The van der Waals surface area contributed by atoms with E-state index in [1.807, 2.05) is 88.4 Å². The van der Waals surface area contributed by atoms with E-state index in [9.17, 15) is 19.2 Å². The number of aliphatic imine (C=N–C) groups is 1. The summed E-state index contributed by atoms with van der Waals surface area (Å²) in [6.07, 6.45) is 3.34. The smallest absolute Gasteiger partial charge is 0.408 e. The third-order valence-corrected chi connectivity index (χ3v) is 6.96. The quantitative estimate of drug-likeness (QED) is 0.0628. The van der Waals surface area contributed by atoms with Crippen molar-refractivity contribution in [2.75, 3.05) is 13.1 Å². The van der Waals surface area contributed by atoms with Crippen LogP contribution in [0.25, 0.3) is 6.08 Å². The number of carbonyl (C=O) groups excluding carboxylic acids is 4. The standard InChI is InChI=1S/C34H49N7O5/c1-23(2)20-28(32(44)40-29(24(3)4)21-38-30(42)18-17-25-12-7-5-8-13-25)39-31(43)27(16-11-19-37-33(35)36)41-34(45)46-22-26-14-9-6-10-15-26/h5-10,12-15,17-18,23-24,27-29H,11,16,19-22H2,1-4H3,(H,38,42)(H,39,43)(H,40,44)(H,41,45)(H4,35,36,37)/b18-17+/t27-,28+,29+/m0/s1. The fourth-order valence-corrected chi connectivity index (χ4v) is 4.40. The largest absolute Gasteiger partial charge is 0.445 e. The van der Waals surface area contributed by atoms with Gasteiger partial charge in [-0.25, -0.2) is 4.79 Å². The van der Waals surface area contributed by atoms with Gasteiger partial charge in [-0.15, -0.1) is 0 Å². The van der Waals surface area contributed by atoms with E-state index in [0.717, 1.165) is 11.1 Å². The van der Waals surface area contributed by atoms with E-state index in [0.29, 0.717) is 12.8 Å². The molecule has 3 atom stereocenters. The Balaban J connectivity index is 2.06. The zero-order valence-electron chi connectivity index (χ0n) is 27.2. The van der Waals surface area contributed by atoms with Crippen LogP contribution in [-0.4, -0.2) is 61.0 Å². The molecule has 0 radical (unpaired) electrons. The second kappa shape index (κ2) is 20.2. The van der Waals surface area contributed by atoms with Crippen molar-refractivity contribution in [3.05, 3.63) is 77.9 Å². The number of benzene rings is 2. The number of nitrogens with two attached hydrogens (primary N) is 2. The molecule has 2 aromatic carbocycles. The number of ether oxygens (including phenoxy) is 1. The molecule has 0 aromatic heterocycles. The molecule has 0 bridgehead atoms. The topological polar surface area (TPSA) is 190 Å². The maximum atomic E-state index is 13.5. The zero-order valence-corrected chi connectivity index (χ0v) is 27.2. The number of carbonyl (C=O) groups is 4. The van der Waals surface area contributed by atoms with Gasteiger partial charge in [0.2, 0.25) is 17.7 Å². The molecule has 2 aromatic rings. The molecule has 12 nitrogen and oxygen atoms in total. The first-order valence-corrected chi connectivity index (χ1v) is 15.6. The van der Waals surface area contributed by atoms with E-state index in [2.05, 4.69) is 26.3 Å². The highest BCUT2D eigenvalue weighted by Gasteiger charge is 2.29. The minimum Gasteiger partial charge on any atom is -0.445 e. The maximum Gasteiger partial charge on any atom is 0.408 e. The highest BCUT2D eigenvalue weighted by Crippen LogP contribution is 2.10. The fourth-order valence-electron chi connectivity index (χ4n) is 4.40. The van der Waals surface area contributed by atoms with Crippen LogP contribution in [0, 0.1) is 11.8 Å². The summed E-state index contributed by atoms with van der Waals surface area (Å²) >= 11 is 0. The van der Waals surface area contributed by atoms with E-state index in [1.54, 1.807) is 6.08 Å². The van der Waals surface area contributed by atoms with Gasteiger partial charge in [0.1, 0.15) is 18.7 Å². The predicted molar refractivity (Wildman–Crippen MR) is 180 cm³/mol. The Bertz CT molecular complexity index is 1300. The Morgan fingerprint density at radius 3 is 2.09 bits per heavy atom. The van der Waals surface area contributed by atoms with Gasteiger partial charge < -0.3 is 37.5 Å². The van der Waals surface area contributed by atoms with Crippen molar-refractivity contribution in [1.82, 2.24) is 21.3 Å². The summed E-state index contributed by atoms with van der Waals surface area (Å²) in [6, 6.07) is 16.3. The average molecular weight is 636 g/mol. The van der Waals surface area contributed by atoms with Gasteiger partial charge in [0.25, 0.3) is 0 Å². The van der Waals surface area contributed by atoms with Crippen LogP contribution in [0.5, 0.6) is 0 Å². The molecule has 8 N–H and O–H groups in total. The summed E-state index contributed by atoms with van der Waals surface area (Å²) in [4.78, 5) is 56.0. The molecule has 4 amide bonds. The summed E-state index contributed by atoms with van der Waals surface area (Å²) < 4.78 is 5.32. The van der Waals surface area contributed by atoms with Crippen molar-refractivity contribution in [3.63, 3.8) is 0 Å². The second-order valence-corrected chi connectivity index (χ2v) is 11.7. The number of nitrogens with zero attached hydrogens (tertiary/aromatic N) is 1. The molecule has 0 spiro atoms. The van der Waals surface area contributed by atoms with Crippen LogP contribution in [0.4, 0.5) is 4.79 Å². The Hall–Kier alpha value is -4.87. The lowest BCUT2D eigenvalue weighted by Gasteiger charge is -2.28. The first kappa shape index (κ1) is 37.3. The molecule has 0 heterocycles. The van der Waals surface area contributed by atoms with E-state index in [4.69, 9.17) is 16.2 Å². The fraction of sp³-hybridized carbons (Fsp3) is 0.441. The number of hydrogen-bond acceptors (Lipinski definition) is 6. The summed E-state index contributed by atoms with van der Waals surface area (Å²) in [5, 5.41) is 11.3. The lowest BCUT2D eigenvalue weighted by atomic mass is 9.99. The monoisotopic (exact) mass is 635 g/mol. The SMILES string of the molecule is CC(C)C[C@@H](NC(=O)[C@H](CCCN=C(N)N)NC(=O)OCc1ccccc1)C(=O)N[C@H](CNC(=O)/C=C/c1ccccc1)C(C)C. The summed E-state index contributed by atoms with van der Waals surface area (Å²) in [7, 11) is 0. The van der Waals surface area contributed by atoms with Crippen LogP contribution in [0.1, 0.15) is 58.1 Å². The van der Waals surface area contributed by atoms with Crippen molar-refractivity contribution in [3.8, 4) is 0 Å². The molecule has 0 saturated carbocycles. The van der Waals surface area contributed by atoms with Gasteiger partial charge in [-0.3, -0.25) is 19.4 Å². The number of guanidine groups is 1. The number of alkyl carbamates (subject to hydrolysis) is 1. The van der Waals surface area contributed by atoms with Crippen LogP contribution in [0.3, 0.4) is 0 Å². The molecule has 0 fully saturated rings. The first-order chi connectivity index (χ1) is 21.9. The summed E-state index contributed by atoms with van der Waals surface area (Å²) in [6.45, 7) is 8.24. The van der Waals surface area contributed by atoms with Crippen molar-refractivity contribution < 1.29 is 23.9 Å². The van der Waals surface area contributed by atoms with Crippen LogP contribution in [0.15, 0.2) is 71.7 Å². The molecule has 250 valence electrons. The van der Waals surface area contributed by atoms with Crippen LogP contribution < -0.4 is 32.7 Å².